The number of thioether (sulfide) groups is 1. The summed E-state index contributed by atoms with van der Waals surface area (Å²) < 4.78 is 0. The Morgan fingerprint density at radius 1 is 1.20 bits per heavy atom. The van der Waals surface area contributed by atoms with Crippen LogP contribution in [0, 0.1) is 0 Å². The zero-order chi connectivity index (χ0) is 13.9. The van der Waals surface area contributed by atoms with Crippen LogP contribution in [0.5, 0.6) is 0 Å². The number of hydrogen-bond acceptors (Lipinski definition) is 6. The van der Waals surface area contributed by atoms with Crippen molar-refractivity contribution >= 4 is 40.2 Å². The summed E-state index contributed by atoms with van der Waals surface area (Å²) in [6.45, 7) is 0. The van der Waals surface area contributed by atoms with Gasteiger partial charge in [-0.05, 0) is 18.4 Å². The minimum Gasteiger partial charge on any atom is -0.349 e. The average molecular weight is 303 g/mol. The van der Waals surface area contributed by atoms with E-state index in [0.29, 0.717) is 11.0 Å². The lowest BCUT2D eigenvalue weighted by atomic mass is 10.3. The minimum atomic E-state index is 0.614. The Hall–Kier alpha value is -1.70. The summed E-state index contributed by atoms with van der Waals surface area (Å²) in [6, 6.07) is 12.1. The standard InChI is InChI=1S/C13H13N5S2/c1-19-13-16-10(18-14)7-12(17-13)20-11-6-8-4-2-3-5-9(8)15-11/h2-7,15H,14H2,1H3,(H,16,17,18). The van der Waals surface area contributed by atoms with E-state index >= 15 is 0 Å². The van der Waals surface area contributed by atoms with Crippen molar-refractivity contribution in [2.24, 2.45) is 5.84 Å². The normalized spacial score (nSPS) is 10.9. The first-order valence-corrected chi connectivity index (χ1v) is 7.98. The Labute approximate surface area is 124 Å². The second-order valence-corrected chi connectivity index (χ2v) is 5.88. The average Bonchev–Trinajstić information content (AvgIpc) is 2.88. The molecule has 7 heteroatoms. The van der Waals surface area contributed by atoms with Crippen molar-refractivity contribution < 1.29 is 0 Å². The van der Waals surface area contributed by atoms with E-state index in [1.165, 1.54) is 17.1 Å². The van der Waals surface area contributed by atoms with Gasteiger partial charge in [0.1, 0.15) is 10.8 Å². The molecule has 20 heavy (non-hydrogen) atoms. The van der Waals surface area contributed by atoms with Crippen molar-refractivity contribution in [3.8, 4) is 0 Å². The van der Waals surface area contributed by atoms with Crippen LogP contribution in [0.3, 0.4) is 0 Å². The monoisotopic (exact) mass is 303 g/mol. The third-order valence-electron chi connectivity index (χ3n) is 2.73. The van der Waals surface area contributed by atoms with Crippen molar-refractivity contribution in [3.05, 3.63) is 36.4 Å². The molecule has 1 aromatic carbocycles. The van der Waals surface area contributed by atoms with Gasteiger partial charge in [0.25, 0.3) is 0 Å². The van der Waals surface area contributed by atoms with Crippen LogP contribution in [0.25, 0.3) is 10.9 Å². The van der Waals surface area contributed by atoms with E-state index in [4.69, 9.17) is 5.84 Å². The fraction of sp³-hybridized carbons (Fsp3) is 0.0769. The molecule has 0 fully saturated rings. The number of fused-ring (bicyclic) bond motifs is 1. The Kier molecular flexibility index (Phi) is 3.81. The van der Waals surface area contributed by atoms with E-state index in [1.54, 1.807) is 11.8 Å². The number of nitrogen functional groups attached to an aromatic ring is 1. The Balaban J connectivity index is 1.93. The van der Waals surface area contributed by atoms with Crippen molar-refractivity contribution in [2.75, 3.05) is 11.7 Å². The molecule has 0 amide bonds. The number of para-hydroxylation sites is 1. The third-order valence-corrected chi connectivity index (χ3v) is 4.14. The van der Waals surface area contributed by atoms with E-state index in [2.05, 4.69) is 38.6 Å². The van der Waals surface area contributed by atoms with Crippen LogP contribution in [0.15, 0.2) is 51.6 Å². The van der Waals surface area contributed by atoms with Gasteiger partial charge in [0.15, 0.2) is 5.16 Å². The molecule has 0 saturated heterocycles. The minimum absolute atomic E-state index is 0.614. The molecule has 0 aliphatic rings. The molecular formula is C13H13N5S2. The zero-order valence-electron chi connectivity index (χ0n) is 10.8. The number of hydrazine groups is 1. The number of benzene rings is 1. The summed E-state index contributed by atoms with van der Waals surface area (Å²) in [5.41, 5.74) is 3.68. The van der Waals surface area contributed by atoms with Gasteiger partial charge in [0.2, 0.25) is 0 Å². The van der Waals surface area contributed by atoms with Gasteiger partial charge >= 0.3 is 0 Å². The van der Waals surface area contributed by atoms with Gasteiger partial charge in [-0.1, -0.05) is 41.7 Å². The quantitative estimate of drug-likeness (QED) is 0.226. The summed E-state index contributed by atoms with van der Waals surface area (Å²) in [7, 11) is 0. The number of nitrogens with two attached hydrogens (primary N) is 1. The number of rotatable bonds is 4. The number of aromatic amines is 1. The predicted octanol–water partition coefficient (Wildman–Crippen LogP) is 3.12. The first-order valence-electron chi connectivity index (χ1n) is 5.94. The van der Waals surface area contributed by atoms with Crippen LogP contribution in [0.1, 0.15) is 0 Å². The molecule has 0 saturated carbocycles. The van der Waals surface area contributed by atoms with Gasteiger partial charge in [0, 0.05) is 17.0 Å². The largest absolute Gasteiger partial charge is 0.349 e. The first-order chi connectivity index (χ1) is 9.78. The van der Waals surface area contributed by atoms with E-state index in [-0.39, 0.29) is 0 Å². The molecule has 0 atom stereocenters. The van der Waals surface area contributed by atoms with Gasteiger partial charge in [-0.2, -0.15) is 0 Å². The number of aromatic nitrogens is 3. The fourth-order valence-corrected chi connectivity index (χ4v) is 3.15. The number of anilines is 1. The van der Waals surface area contributed by atoms with E-state index in [9.17, 15) is 0 Å². The number of H-pyrrole nitrogens is 1. The highest BCUT2D eigenvalue weighted by atomic mass is 32.2. The lowest BCUT2D eigenvalue weighted by molar-refractivity contribution is 0.892. The lowest BCUT2D eigenvalue weighted by Gasteiger charge is -2.04. The molecule has 0 unspecified atom stereocenters. The van der Waals surface area contributed by atoms with Crippen LogP contribution in [-0.4, -0.2) is 21.2 Å². The number of nitrogens with zero attached hydrogens (tertiary/aromatic N) is 2. The van der Waals surface area contributed by atoms with Crippen LogP contribution in [0.2, 0.25) is 0 Å². The molecule has 5 nitrogen and oxygen atoms in total. The summed E-state index contributed by atoms with van der Waals surface area (Å²) in [5.74, 6) is 6.04. The highest BCUT2D eigenvalue weighted by molar-refractivity contribution is 7.99. The van der Waals surface area contributed by atoms with Crippen LogP contribution in [0.4, 0.5) is 5.82 Å². The van der Waals surface area contributed by atoms with E-state index < -0.39 is 0 Å². The number of hydrogen-bond donors (Lipinski definition) is 3. The lowest BCUT2D eigenvalue weighted by Crippen LogP contribution is -2.09. The highest BCUT2D eigenvalue weighted by Gasteiger charge is 2.07. The van der Waals surface area contributed by atoms with Crippen molar-refractivity contribution in [1.82, 2.24) is 15.0 Å². The van der Waals surface area contributed by atoms with Gasteiger partial charge in [0.05, 0.1) is 5.03 Å². The van der Waals surface area contributed by atoms with Gasteiger partial charge < -0.3 is 10.4 Å². The van der Waals surface area contributed by atoms with E-state index in [1.807, 2.05) is 24.5 Å². The predicted molar refractivity (Wildman–Crippen MR) is 84.0 cm³/mol. The molecule has 0 aliphatic heterocycles. The molecule has 0 spiro atoms. The maximum atomic E-state index is 5.43. The van der Waals surface area contributed by atoms with Crippen molar-refractivity contribution in [1.29, 1.82) is 0 Å². The Bertz CT molecular complexity index is 685. The van der Waals surface area contributed by atoms with Crippen LogP contribution < -0.4 is 11.3 Å². The smallest absolute Gasteiger partial charge is 0.190 e. The fourth-order valence-electron chi connectivity index (χ4n) is 1.84. The highest BCUT2D eigenvalue weighted by Crippen LogP contribution is 2.30. The SMILES string of the molecule is CSc1nc(NN)cc(Sc2cc3ccccc3[nH]2)n1. The molecule has 0 radical (unpaired) electrons. The molecule has 3 aromatic rings. The zero-order valence-corrected chi connectivity index (χ0v) is 12.4. The maximum absolute atomic E-state index is 5.43. The van der Waals surface area contributed by atoms with E-state index in [0.717, 1.165) is 15.6 Å². The summed E-state index contributed by atoms with van der Waals surface area (Å²) >= 11 is 3.04. The molecule has 2 aromatic heterocycles. The van der Waals surface area contributed by atoms with Gasteiger partial charge in [-0.15, -0.1) is 0 Å². The third kappa shape index (κ3) is 2.74. The molecular weight excluding hydrogens is 290 g/mol. The van der Waals surface area contributed by atoms with Crippen molar-refractivity contribution in [2.45, 2.75) is 15.2 Å². The second kappa shape index (κ2) is 5.74. The van der Waals surface area contributed by atoms with Crippen molar-refractivity contribution in [3.63, 3.8) is 0 Å². The summed E-state index contributed by atoms with van der Waals surface area (Å²) in [4.78, 5) is 12.1. The Morgan fingerprint density at radius 3 is 2.80 bits per heavy atom. The molecule has 4 N–H and O–H groups in total. The molecule has 2 heterocycles. The second-order valence-electron chi connectivity index (χ2n) is 4.05. The Morgan fingerprint density at radius 2 is 2.05 bits per heavy atom. The summed E-state index contributed by atoms with van der Waals surface area (Å²) in [6.07, 6.45) is 1.94. The maximum Gasteiger partial charge on any atom is 0.190 e. The number of nitrogens with one attached hydrogen (secondary N) is 2. The molecule has 3 rings (SSSR count). The molecule has 102 valence electrons. The van der Waals surface area contributed by atoms with Gasteiger partial charge in [-0.25, -0.2) is 15.8 Å². The topological polar surface area (TPSA) is 79.6 Å². The van der Waals surface area contributed by atoms with Gasteiger partial charge in [-0.3, -0.25) is 0 Å². The molecule has 0 aliphatic carbocycles. The molecule has 0 bridgehead atoms. The van der Waals surface area contributed by atoms with Crippen LogP contribution in [-0.2, 0) is 0 Å². The summed E-state index contributed by atoms with van der Waals surface area (Å²) in [5, 5.41) is 3.77. The van der Waals surface area contributed by atoms with Crippen LogP contribution >= 0.6 is 23.5 Å². The first kappa shape index (κ1) is 13.3.